The summed E-state index contributed by atoms with van der Waals surface area (Å²) >= 11 is 1.40. The Hall–Kier alpha value is -3.06. The lowest BCUT2D eigenvalue weighted by Gasteiger charge is -2.24. The van der Waals surface area contributed by atoms with E-state index in [-0.39, 0.29) is 17.6 Å². The van der Waals surface area contributed by atoms with Gasteiger partial charge in [0, 0.05) is 16.3 Å². The van der Waals surface area contributed by atoms with E-state index in [1.807, 2.05) is 55.5 Å². The number of allylic oxidation sites excluding steroid dienone is 2. The predicted octanol–water partition coefficient (Wildman–Crippen LogP) is 4.33. The molecule has 30 heavy (non-hydrogen) atoms. The van der Waals surface area contributed by atoms with Crippen molar-refractivity contribution in [2.45, 2.75) is 24.7 Å². The van der Waals surface area contributed by atoms with Gasteiger partial charge in [0.25, 0.3) is 0 Å². The van der Waals surface area contributed by atoms with Crippen LogP contribution in [0.3, 0.4) is 0 Å². The fraction of sp³-hybridized carbons (Fsp3) is 0.261. The lowest BCUT2D eigenvalue weighted by Crippen LogP contribution is -2.34. The molecule has 7 heteroatoms. The lowest BCUT2D eigenvalue weighted by atomic mass is 9.82. The van der Waals surface area contributed by atoms with Crippen molar-refractivity contribution in [3.05, 3.63) is 66.2 Å². The second-order valence-corrected chi connectivity index (χ2v) is 8.26. The Labute approximate surface area is 179 Å². The van der Waals surface area contributed by atoms with Gasteiger partial charge in [0.2, 0.25) is 11.8 Å². The molecule has 6 nitrogen and oxygen atoms in total. The van der Waals surface area contributed by atoms with Crippen molar-refractivity contribution in [2.75, 3.05) is 16.4 Å². The summed E-state index contributed by atoms with van der Waals surface area (Å²) in [7, 11) is 0. The molecular formula is C23H24N2O4S. The predicted molar refractivity (Wildman–Crippen MR) is 119 cm³/mol. The Morgan fingerprint density at radius 3 is 2.33 bits per heavy atom. The van der Waals surface area contributed by atoms with Crippen LogP contribution in [0.1, 0.15) is 18.4 Å². The van der Waals surface area contributed by atoms with E-state index in [1.165, 1.54) is 11.8 Å². The van der Waals surface area contributed by atoms with E-state index in [1.54, 1.807) is 12.1 Å². The van der Waals surface area contributed by atoms with Gasteiger partial charge in [0.15, 0.2) is 0 Å². The van der Waals surface area contributed by atoms with Crippen LogP contribution in [-0.2, 0) is 14.4 Å². The number of amides is 2. The van der Waals surface area contributed by atoms with Gasteiger partial charge in [-0.3, -0.25) is 14.4 Å². The third-order valence-electron chi connectivity index (χ3n) is 4.88. The smallest absolute Gasteiger partial charge is 0.307 e. The van der Waals surface area contributed by atoms with Gasteiger partial charge >= 0.3 is 5.97 Å². The maximum Gasteiger partial charge on any atom is 0.307 e. The van der Waals surface area contributed by atoms with E-state index in [9.17, 15) is 19.5 Å². The van der Waals surface area contributed by atoms with Crippen LogP contribution in [0.5, 0.6) is 0 Å². The third-order valence-corrected chi connectivity index (χ3v) is 5.89. The van der Waals surface area contributed by atoms with Gasteiger partial charge in [-0.1, -0.05) is 24.3 Å². The standard InChI is InChI=1S/C23H24N2O4S/c1-15-5-4-6-17(13-15)24-21(26)14-30-18-11-9-16(10-12-18)25-22(27)19-7-2-3-8-20(19)23(28)29/h2-6,9-13,19-20H,7-8,14H2,1H3,(H,24,26)(H,25,27)(H,28,29). The topological polar surface area (TPSA) is 95.5 Å². The Morgan fingerprint density at radius 2 is 1.67 bits per heavy atom. The molecule has 0 fully saturated rings. The van der Waals surface area contributed by atoms with E-state index < -0.39 is 17.8 Å². The van der Waals surface area contributed by atoms with Gasteiger partial charge in [-0.2, -0.15) is 0 Å². The highest BCUT2D eigenvalue weighted by Gasteiger charge is 2.33. The van der Waals surface area contributed by atoms with E-state index in [0.29, 0.717) is 18.5 Å². The molecule has 3 N–H and O–H groups in total. The number of rotatable bonds is 7. The van der Waals surface area contributed by atoms with Gasteiger partial charge in [0.05, 0.1) is 17.6 Å². The second kappa shape index (κ2) is 10.1. The number of hydrogen-bond acceptors (Lipinski definition) is 4. The molecule has 0 aromatic heterocycles. The quantitative estimate of drug-likeness (QED) is 0.454. The second-order valence-electron chi connectivity index (χ2n) is 7.21. The number of nitrogens with one attached hydrogen (secondary N) is 2. The number of carboxylic acid groups (broad SMARTS) is 1. The van der Waals surface area contributed by atoms with Crippen LogP contribution in [0.2, 0.25) is 0 Å². The van der Waals surface area contributed by atoms with E-state index >= 15 is 0 Å². The number of aliphatic carboxylic acids is 1. The largest absolute Gasteiger partial charge is 0.481 e. The van der Waals surface area contributed by atoms with Crippen molar-refractivity contribution in [1.29, 1.82) is 0 Å². The monoisotopic (exact) mass is 424 g/mol. The molecular weight excluding hydrogens is 400 g/mol. The van der Waals surface area contributed by atoms with Gasteiger partial charge in [-0.15, -0.1) is 11.8 Å². The maximum atomic E-state index is 12.5. The normalized spacial score (nSPS) is 17.9. The van der Waals surface area contributed by atoms with Gasteiger partial charge in [0.1, 0.15) is 0 Å². The number of carboxylic acids is 1. The molecule has 156 valence electrons. The first-order valence-electron chi connectivity index (χ1n) is 9.70. The van der Waals surface area contributed by atoms with Crippen LogP contribution in [0.15, 0.2) is 65.6 Å². The number of carbonyl (C=O) groups excluding carboxylic acids is 2. The van der Waals surface area contributed by atoms with E-state index in [0.717, 1.165) is 16.1 Å². The summed E-state index contributed by atoms with van der Waals surface area (Å²) in [5.41, 5.74) is 2.46. The Kier molecular flexibility index (Phi) is 7.30. The van der Waals surface area contributed by atoms with Crippen LogP contribution >= 0.6 is 11.8 Å². The van der Waals surface area contributed by atoms with Crippen LogP contribution < -0.4 is 10.6 Å². The van der Waals surface area contributed by atoms with Crippen molar-refractivity contribution in [2.24, 2.45) is 11.8 Å². The Balaban J connectivity index is 1.51. The van der Waals surface area contributed by atoms with Crippen molar-refractivity contribution in [3.8, 4) is 0 Å². The molecule has 2 aromatic carbocycles. The highest BCUT2D eigenvalue weighted by molar-refractivity contribution is 8.00. The minimum Gasteiger partial charge on any atom is -0.481 e. The number of hydrogen-bond donors (Lipinski definition) is 3. The molecule has 0 spiro atoms. The number of aryl methyl sites for hydroxylation is 1. The van der Waals surface area contributed by atoms with Crippen LogP contribution in [-0.4, -0.2) is 28.6 Å². The average molecular weight is 425 g/mol. The lowest BCUT2D eigenvalue weighted by molar-refractivity contribution is -0.146. The molecule has 1 aliphatic carbocycles. The van der Waals surface area contributed by atoms with Gasteiger partial charge < -0.3 is 15.7 Å². The highest BCUT2D eigenvalue weighted by Crippen LogP contribution is 2.28. The minimum atomic E-state index is -0.949. The zero-order valence-electron chi connectivity index (χ0n) is 16.6. The number of anilines is 2. The molecule has 0 heterocycles. The maximum absolute atomic E-state index is 12.5. The summed E-state index contributed by atoms with van der Waals surface area (Å²) in [6, 6.07) is 14.8. The first-order chi connectivity index (χ1) is 14.4. The average Bonchev–Trinajstić information content (AvgIpc) is 2.73. The molecule has 1 aliphatic rings. The molecule has 3 rings (SSSR count). The van der Waals surface area contributed by atoms with Crippen molar-refractivity contribution >= 4 is 40.9 Å². The fourth-order valence-electron chi connectivity index (χ4n) is 3.32. The van der Waals surface area contributed by atoms with E-state index in [4.69, 9.17) is 0 Å². The van der Waals surface area contributed by atoms with Gasteiger partial charge in [-0.25, -0.2) is 0 Å². The molecule has 2 aromatic rings. The minimum absolute atomic E-state index is 0.0898. The van der Waals surface area contributed by atoms with E-state index in [2.05, 4.69) is 10.6 Å². The summed E-state index contributed by atoms with van der Waals surface area (Å²) in [5.74, 6) is -2.33. The summed E-state index contributed by atoms with van der Waals surface area (Å²) in [6.45, 7) is 1.97. The van der Waals surface area contributed by atoms with Crippen molar-refractivity contribution < 1.29 is 19.5 Å². The Bertz CT molecular complexity index is 956. The summed E-state index contributed by atoms with van der Waals surface area (Å²) in [6.07, 6.45) is 4.45. The first-order valence-corrected chi connectivity index (χ1v) is 10.7. The fourth-order valence-corrected chi connectivity index (χ4v) is 4.01. The Morgan fingerprint density at radius 1 is 0.967 bits per heavy atom. The molecule has 0 bridgehead atoms. The molecule has 2 atom stereocenters. The molecule has 2 amide bonds. The number of carbonyl (C=O) groups is 3. The zero-order valence-corrected chi connectivity index (χ0v) is 17.4. The van der Waals surface area contributed by atoms with Gasteiger partial charge in [-0.05, 0) is 61.7 Å². The number of thioether (sulfide) groups is 1. The van der Waals surface area contributed by atoms with Crippen molar-refractivity contribution in [3.63, 3.8) is 0 Å². The molecule has 0 saturated carbocycles. The van der Waals surface area contributed by atoms with Crippen LogP contribution in [0.4, 0.5) is 11.4 Å². The molecule has 0 radical (unpaired) electrons. The summed E-state index contributed by atoms with van der Waals surface area (Å²) < 4.78 is 0. The summed E-state index contributed by atoms with van der Waals surface area (Å²) in [4.78, 5) is 36.9. The number of benzene rings is 2. The molecule has 0 saturated heterocycles. The van der Waals surface area contributed by atoms with Crippen LogP contribution in [0, 0.1) is 18.8 Å². The zero-order chi connectivity index (χ0) is 21.5. The SMILES string of the molecule is Cc1cccc(NC(=O)CSc2ccc(NC(=O)C3CC=CCC3C(=O)O)cc2)c1. The molecule has 0 aliphatic heterocycles. The summed E-state index contributed by atoms with van der Waals surface area (Å²) in [5, 5.41) is 15.0. The van der Waals surface area contributed by atoms with Crippen molar-refractivity contribution in [1.82, 2.24) is 0 Å². The third kappa shape index (κ3) is 5.97. The first kappa shape index (κ1) is 21.6. The highest BCUT2D eigenvalue weighted by atomic mass is 32.2. The molecule has 2 unspecified atom stereocenters. The van der Waals surface area contributed by atoms with Crippen LogP contribution in [0.25, 0.3) is 0 Å².